The first-order chi connectivity index (χ1) is 7.98. The molecule has 0 spiro atoms. The summed E-state index contributed by atoms with van der Waals surface area (Å²) < 4.78 is 0. The zero-order valence-electron chi connectivity index (χ0n) is 10.4. The standard InChI is InChI=1S/C12H19N3O2/c1-4-12(2,17)8-15-9-5-6-14-10(7-9)11(16)13-3/h5-7,17H,4,8H2,1-3H3,(H,13,16)(H,14,15). The fourth-order valence-electron chi connectivity index (χ4n) is 1.21. The molecule has 0 radical (unpaired) electrons. The molecule has 0 saturated carbocycles. The van der Waals surface area contributed by atoms with Crippen LogP contribution in [-0.2, 0) is 0 Å². The van der Waals surface area contributed by atoms with Gasteiger partial charge >= 0.3 is 0 Å². The number of amides is 1. The number of nitrogens with one attached hydrogen (secondary N) is 2. The third kappa shape index (κ3) is 4.03. The number of aromatic nitrogens is 1. The van der Waals surface area contributed by atoms with Crippen molar-refractivity contribution in [3.63, 3.8) is 0 Å². The van der Waals surface area contributed by atoms with E-state index in [0.29, 0.717) is 18.7 Å². The van der Waals surface area contributed by atoms with Crippen LogP contribution in [0, 0.1) is 0 Å². The predicted octanol–water partition coefficient (Wildman–Crippen LogP) is 1.01. The van der Waals surface area contributed by atoms with E-state index in [-0.39, 0.29) is 5.91 Å². The van der Waals surface area contributed by atoms with Crippen LogP contribution in [0.1, 0.15) is 30.8 Å². The highest BCUT2D eigenvalue weighted by molar-refractivity contribution is 5.92. The SMILES string of the molecule is CCC(C)(O)CNc1ccnc(C(=O)NC)c1. The van der Waals surface area contributed by atoms with Crippen LogP contribution in [0.5, 0.6) is 0 Å². The maximum absolute atomic E-state index is 11.4. The van der Waals surface area contributed by atoms with Gasteiger partial charge in [0.1, 0.15) is 5.69 Å². The average molecular weight is 237 g/mol. The van der Waals surface area contributed by atoms with E-state index in [4.69, 9.17) is 0 Å². The van der Waals surface area contributed by atoms with Crippen molar-refractivity contribution in [2.45, 2.75) is 25.9 Å². The number of anilines is 1. The van der Waals surface area contributed by atoms with Crippen LogP contribution < -0.4 is 10.6 Å². The Kier molecular flexibility index (Phi) is 4.45. The van der Waals surface area contributed by atoms with E-state index in [9.17, 15) is 9.90 Å². The Morgan fingerprint density at radius 2 is 2.29 bits per heavy atom. The van der Waals surface area contributed by atoms with Gasteiger partial charge in [-0.15, -0.1) is 0 Å². The summed E-state index contributed by atoms with van der Waals surface area (Å²) in [5, 5.41) is 15.5. The number of rotatable bonds is 5. The third-order valence-corrected chi connectivity index (χ3v) is 2.65. The van der Waals surface area contributed by atoms with Crippen LogP contribution in [0.3, 0.4) is 0 Å². The van der Waals surface area contributed by atoms with Crippen LogP contribution in [0.2, 0.25) is 0 Å². The monoisotopic (exact) mass is 237 g/mol. The lowest BCUT2D eigenvalue weighted by molar-refractivity contribution is 0.0697. The van der Waals surface area contributed by atoms with Crippen LogP contribution in [-0.4, -0.2) is 35.2 Å². The van der Waals surface area contributed by atoms with Gasteiger partial charge in [-0.2, -0.15) is 0 Å². The minimum absolute atomic E-state index is 0.226. The second-order valence-corrected chi connectivity index (χ2v) is 4.21. The lowest BCUT2D eigenvalue weighted by atomic mass is 10.0. The highest BCUT2D eigenvalue weighted by Gasteiger charge is 2.17. The molecular formula is C12H19N3O2. The molecule has 1 heterocycles. The molecule has 1 rings (SSSR count). The molecule has 17 heavy (non-hydrogen) atoms. The number of hydrogen-bond donors (Lipinski definition) is 3. The summed E-state index contributed by atoms with van der Waals surface area (Å²) in [6.07, 6.45) is 2.22. The van der Waals surface area contributed by atoms with Crippen LogP contribution in [0.25, 0.3) is 0 Å². The maximum Gasteiger partial charge on any atom is 0.269 e. The van der Waals surface area contributed by atoms with E-state index < -0.39 is 5.60 Å². The first kappa shape index (κ1) is 13.4. The van der Waals surface area contributed by atoms with Gasteiger partial charge in [0.05, 0.1) is 5.60 Å². The molecule has 1 unspecified atom stereocenters. The molecule has 0 aromatic carbocycles. The molecule has 5 heteroatoms. The fraction of sp³-hybridized carbons (Fsp3) is 0.500. The molecule has 0 saturated heterocycles. The lowest BCUT2D eigenvalue weighted by Gasteiger charge is -2.22. The number of hydrogen-bond acceptors (Lipinski definition) is 4. The predicted molar refractivity (Wildman–Crippen MR) is 67.0 cm³/mol. The molecule has 0 fully saturated rings. The minimum atomic E-state index is -0.754. The van der Waals surface area contributed by atoms with Gasteiger partial charge in [-0.3, -0.25) is 9.78 Å². The molecule has 1 atom stereocenters. The maximum atomic E-state index is 11.4. The second kappa shape index (κ2) is 5.63. The van der Waals surface area contributed by atoms with Gasteiger partial charge in [0.2, 0.25) is 0 Å². The molecule has 3 N–H and O–H groups in total. The fourth-order valence-corrected chi connectivity index (χ4v) is 1.21. The van der Waals surface area contributed by atoms with E-state index in [1.165, 1.54) is 0 Å². The Hall–Kier alpha value is -1.62. The Bertz CT molecular complexity index is 391. The van der Waals surface area contributed by atoms with Gasteiger partial charge in [-0.1, -0.05) is 6.92 Å². The van der Waals surface area contributed by atoms with Gasteiger partial charge in [-0.25, -0.2) is 0 Å². The van der Waals surface area contributed by atoms with E-state index in [0.717, 1.165) is 5.69 Å². The van der Waals surface area contributed by atoms with Crippen molar-refractivity contribution in [1.82, 2.24) is 10.3 Å². The topological polar surface area (TPSA) is 74.2 Å². The van der Waals surface area contributed by atoms with Gasteiger partial charge in [0.25, 0.3) is 5.91 Å². The molecular weight excluding hydrogens is 218 g/mol. The van der Waals surface area contributed by atoms with Crippen molar-refractivity contribution in [2.24, 2.45) is 0 Å². The quantitative estimate of drug-likeness (QED) is 0.714. The molecule has 5 nitrogen and oxygen atoms in total. The summed E-state index contributed by atoms with van der Waals surface area (Å²) in [6, 6.07) is 3.42. The summed E-state index contributed by atoms with van der Waals surface area (Å²) >= 11 is 0. The Morgan fingerprint density at radius 3 is 2.88 bits per heavy atom. The lowest BCUT2D eigenvalue weighted by Crippen LogP contribution is -2.32. The molecule has 0 bridgehead atoms. The van der Waals surface area contributed by atoms with Crippen molar-refractivity contribution in [1.29, 1.82) is 0 Å². The van der Waals surface area contributed by atoms with Gasteiger partial charge in [0.15, 0.2) is 0 Å². The van der Waals surface area contributed by atoms with E-state index in [2.05, 4.69) is 15.6 Å². The molecule has 1 aromatic rings. The first-order valence-electron chi connectivity index (χ1n) is 5.63. The van der Waals surface area contributed by atoms with Crippen LogP contribution in [0.15, 0.2) is 18.3 Å². The number of aliphatic hydroxyl groups is 1. The molecule has 94 valence electrons. The number of pyridine rings is 1. The zero-order valence-corrected chi connectivity index (χ0v) is 10.4. The minimum Gasteiger partial charge on any atom is -0.388 e. The number of carbonyl (C=O) groups excluding carboxylic acids is 1. The third-order valence-electron chi connectivity index (χ3n) is 2.65. The van der Waals surface area contributed by atoms with Gasteiger partial charge < -0.3 is 15.7 Å². The summed E-state index contributed by atoms with van der Waals surface area (Å²) in [5.74, 6) is -0.226. The van der Waals surface area contributed by atoms with E-state index in [1.54, 1.807) is 32.3 Å². The van der Waals surface area contributed by atoms with Gasteiger partial charge in [-0.05, 0) is 25.5 Å². The molecule has 0 aliphatic heterocycles. The Balaban J connectivity index is 2.70. The number of nitrogens with zero attached hydrogens (tertiary/aromatic N) is 1. The summed E-state index contributed by atoms with van der Waals surface area (Å²) in [7, 11) is 1.56. The van der Waals surface area contributed by atoms with Crippen LogP contribution in [0.4, 0.5) is 5.69 Å². The summed E-state index contributed by atoms with van der Waals surface area (Å²) in [5.41, 5.74) is 0.372. The molecule has 1 amide bonds. The Labute approximate surface area is 101 Å². The first-order valence-corrected chi connectivity index (χ1v) is 5.63. The van der Waals surface area contributed by atoms with Gasteiger partial charge in [0, 0.05) is 25.5 Å². The summed E-state index contributed by atoms with van der Waals surface area (Å²) in [4.78, 5) is 15.3. The largest absolute Gasteiger partial charge is 0.388 e. The van der Waals surface area contributed by atoms with Crippen molar-refractivity contribution >= 4 is 11.6 Å². The average Bonchev–Trinajstić information content (AvgIpc) is 2.36. The second-order valence-electron chi connectivity index (χ2n) is 4.21. The summed E-state index contributed by atoms with van der Waals surface area (Å²) in [6.45, 7) is 4.12. The zero-order chi connectivity index (χ0) is 12.9. The van der Waals surface area contributed by atoms with Crippen molar-refractivity contribution < 1.29 is 9.90 Å². The van der Waals surface area contributed by atoms with E-state index >= 15 is 0 Å². The van der Waals surface area contributed by atoms with Crippen molar-refractivity contribution in [3.8, 4) is 0 Å². The number of carbonyl (C=O) groups is 1. The highest BCUT2D eigenvalue weighted by atomic mass is 16.3. The normalized spacial score (nSPS) is 13.9. The van der Waals surface area contributed by atoms with Crippen molar-refractivity contribution in [2.75, 3.05) is 18.9 Å². The smallest absolute Gasteiger partial charge is 0.269 e. The highest BCUT2D eigenvalue weighted by Crippen LogP contribution is 2.12. The van der Waals surface area contributed by atoms with Crippen molar-refractivity contribution in [3.05, 3.63) is 24.0 Å². The Morgan fingerprint density at radius 1 is 1.59 bits per heavy atom. The molecule has 0 aliphatic carbocycles. The molecule has 0 aliphatic rings. The molecule has 1 aromatic heterocycles. The van der Waals surface area contributed by atoms with Crippen LogP contribution >= 0.6 is 0 Å². The van der Waals surface area contributed by atoms with E-state index in [1.807, 2.05) is 6.92 Å².